The van der Waals surface area contributed by atoms with Crippen LogP contribution in [-0.2, 0) is 9.59 Å². The van der Waals surface area contributed by atoms with Gasteiger partial charge >= 0.3 is 5.97 Å². The number of carboxylic acids is 1. The number of piperidine rings is 1. The molecule has 1 aromatic carbocycles. The molecule has 1 saturated heterocycles. The minimum Gasteiger partial charge on any atom is -0.484 e. The maximum atomic E-state index is 12.1. The van der Waals surface area contributed by atoms with E-state index < -0.39 is 5.97 Å². The second kappa shape index (κ2) is 6.61. The zero-order valence-electron chi connectivity index (χ0n) is 12.4. The third-order valence-corrected chi connectivity index (χ3v) is 3.96. The summed E-state index contributed by atoms with van der Waals surface area (Å²) in [7, 11) is 0. The number of ether oxygens (including phenoxy) is 1. The summed E-state index contributed by atoms with van der Waals surface area (Å²) in [5.74, 6) is -0.578. The van der Waals surface area contributed by atoms with Gasteiger partial charge in [0.1, 0.15) is 5.75 Å². The summed E-state index contributed by atoms with van der Waals surface area (Å²) >= 11 is 0. The second-order valence-corrected chi connectivity index (χ2v) is 5.65. The van der Waals surface area contributed by atoms with Crippen molar-refractivity contribution in [2.24, 2.45) is 11.8 Å². The first-order valence-corrected chi connectivity index (χ1v) is 7.17. The number of nitrogens with zero attached hydrogens (tertiary/aromatic N) is 1. The van der Waals surface area contributed by atoms with Crippen LogP contribution in [0.4, 0.5) is 0 Å². The molecule has 1 N–H and O–H groups in total. The van der Waals surface area contributed by atoms with Crippen molar-refractivity contribution in [3.8, 4) is 5.75 Å². The highest BCUT2D eigenvalue weighted by Gasteiger charge is 2.32. The number of aliphatic carboxylic acids is 1. The molecule has 2 unspecified atom stereocenters. The van der Waals surface area contributed by atoms with E-state index in [-0.39, 0.29) is 24.3 Å². The number of hydrogen-bond donors (Lipinski definition) is 1. The fourth-order valence-corrected chi connectivity index (χ4v) is 2.61. The fraction of sp³-hybridized carbons (Fsp3) is 0.500. The maximum absolute atomic E-state index is 12.1. The number of rotatable bonds is 4. The summed E-state index contributed by atoms with van der Waals surface area (Å²) < 4.78 is 5.48. The first kappa shape index (κ1) is 15.4. The second-order valence-electron chi connectivity index (χ2n) is 5.65. The van der Waals surface area contributed by atoms with Gasteiger partial charge in [-0.2, -0.15) is 0 Å². The number of carbonyl (C=O) groups is 2. The molecule has 1 heterocycles. The normalized spacial score (nSPS) is 21.9. The number of benzene rings is 1. The quantitative estimate of drug-likeness (QED) is 0.920. The molecule has 0 aromatic heterocycles. The SMILES string of the molecule is Cc1ccc(OCC(=O)N2CCC(C(=O)O)C(C)C2)cc1. The number of likely N-dealkylation sites (tertiary alicyclic amines) is 1. The van der Waals surface area contributed by atoms with Crippen molar-refractivity contribution in [3.63, 3.8) is 0 Å². The van der Waals surface area contributed by atoms with E-state index in [4.69, 9.17) is 9.84 Å². The fourth-order valence-electron chi connectivity index (χ4n) is 2.61. The highest BCUT2D eigenvalue weighted by atomic mass is 16.5. The van der Waals surface area contributed by atoms with E-state index >= 15 is 0 Å². The van der Waals surface area contributed by atoms with Crippen LogP contribution in [0.1, 0.15) is 18.9 Å². The molecule has 2 rings (SSSR count). The van der Waals surface area contributed by atoms with E-state index in [2.05, 4.69) is 0 Å². The van der Waals surface area contributed by atoms with E-state index in [1.54, 1.807) is 4.90 Å². The van der Waals surface area contributed by atoms with Gasteiger partial charge in [-0.05, 0) is 31.4 Å². The van der Waals surface area contributed by atoms with Crippen LogP contribution in [0, 0.1) is 18.8 Å². The molecule has 0 radical (unpaired) electrons. The van der Waals surface area contributed by atoms with Gasteiger partial charge in [0.05, 0.1) is 5.92 Å². The van der Waals surface area contributed by atoms with E-state index in [9.17, 15) is 9.59 Å². The molecule has 1 aliphatic rings. The zero-order chi connectivity index (χ0) is 15.4. The molecule has 0 saturated carbocycles. The lowest BCUT2D eigenvalue weighted by atomic mass is 9.87. The standard InChI is InChI=1S/C16H21NO4/c1-11-3-5-13(6-4-11)21-10-15(18)17-8-7-14(16(19)20)12(2)9-17/h3-6,12,14H,7-10H2,1-2H3,(H,19,20). The smallest absolute Gasteiger partial charge is 0.306 e. The van der Waals surface area contributed by atoms with Crippen LogP contribution < -0.4 is 4.74 Å². The van der Waals surface area contributed by atoms with E-state index in [1.807, 2.05) is 38.1 Å². The summed E-state index contributed by atoms with van der Waals surface area (Å²) in [5.41, 5.74) is 1.14. The first-order chi connectivity index (χ1) is 9.97. The molecule has 0 spiro atoms. The first-order valence-electron chi connectivity index (χ1n) is 7.17. The minimum absolute atomic E-state index is 0.00643. The van der Waals surface area contributed by atoms with Crippen molar-refractivity contribution in [3.05, 3.63) is 29.8 Å². The van der Waals surface area contributed by atoms with Gasteiger partial charge in [-0.25, -0.2) is 0 Å². The van der Waals surface area contributed by atoms with Gasteiger partial charge in [0.15, 0.2) is 6.61 Å². The average Bonchev–Trinajstić information content (AvgIpc) is 2.45. The lowest BCUT2D eigenvalue weighted by Crippen LogP contribution is -2.46. The summed E-state index contributed by atoms with van der Waals surface area (Å²) in [4.78, 5) is 24.9. The molecule has 21 heavy (non-hydrogen) atoms. The maximum Gasteiger partial charge on any atom is 0.306 e. The number of carbonyl (C=O) groups excluding carboxylic acids is 1. The summed E-state index contributed by atoms with van der Waals surface area (Å²) in [6.45, 7) is 4.82. The lowest BCUT2D eigenvalue weighted by Gasteiger charge is -2.34. The Morgan fingerprint density at radius 2 is 2.00 bits per heavy atom. The third kappa shape index (κ3) is 3.97. The highest BCUT2D eigenvalue weighted by Crippen LogP contribution is 2.23. The van der Waals surface area contributed by atoms with Crippen LogP contribution in [0.3, 0.4) is 0 Å². The van der Waals surface area contributed by atoms with E-state index in [0.717, 1.165) is 5.56 Å². The van der Waals surface area contributed by atoms with Gasteiger partial charge in [-0.15, -0.1) is 0 Å². The lowest BCUT2D eigenvalue weighted by molar-refractivity contribution is -0.148. The Balaban J connectivity index is 1.84. The predicted molar refractivity (Wildman–Crippen MR) is 78.2 cm³/mol. The van der Waals surface area contributed by atoms with Gasteiger partial charge in [0, 0.05) is 13.1 Å². The van der Waals surface area contributed by atoms with Crippen LogP contribution in [0.25, 0.3) is 0 Å². The van der Waals surface area contributed by atoms with Gasteiger partial charge < -0.3 is 14.7 Å². The van der Waals surface area contributed by atoms with Gasteiger partial charge in [0.2, 0.25) is 0 Å². The monoisotopic (exact) mass is 291 g/mol. The Morgan fingerprint density at radius 1 is 1.33 bits per heavy atom. The summed E-state index contributed by atoms with van der Waals surface area (Å²) in [6, 6.07) is 7.53. The molecule has 5 nitrogen and oxygen atoms in total. The zero-order valence-corrected chi connectivity index (χ0v) is 12.4. The van der Waals surface area contributed by atoms with Crippen LogP contribution in [-0.4, -0.2) is 41.6 Å². The molecule has 0 aliphatic carbocycles. The van der Waals surface area contributed by atoms with Crippen LogP contribution in [0.5, 0.6) is 5.75 Å². The molecular weight excluding hydrogens is 270 g/mol. The van der Waals surface area contributed by atoms with Crippen molar-refractivity contribution < 1.29 is 19.4 Å². The van der Waals surface area contributed by atoms with Gasteiger partial charge in [-0.3, -0.25) is 9.59 Å². The number of aryl methyl sites for hydroxylation is 1. The number of carboxylic acid groups (broad SMARTS) is 1. The highest BCUT2D eigenvalue weighted by molar-refractivity contribution is 5.78. The van der Waals surface area contributed by atoms with E-state index in [1.165, 1.54) is 0 Å². The Hall–Kier alpha value is -2.04. The third-order valence-electron chi connectivity index (χ3n) is 3.96. The number of amides is 1. The summed E-state index contributed by atoms with van der Waals surface area (Å²) in [6.07, 6.45) is 0.507. The Bertz CT molecular complexity index is 512. The van der Waals surface area contributed by atoms with E-state index in [0.29, 0.717) is 25.3 Å². The molecule has 2 atom stereocenters. The average molecular weight is 291 g/mol. The topological polar surface area (TPSA) is 66.8 Å². The molecule has 1 aliphatic heterocycles. The molecule has 1 fully saturated rings. The molecular formula is C16H21NO4. The van der Waals surface area contributed by atoms with Crippen molar-refractivity contribution in [1.29, 1.82) is 0 Å². The Kier molecular flexibility index (Phi) is 4.83. The van der Waals surface area contributed by atoms with Crippen molar-refractivity contribution in [1.82, 2.24) is 4.90 Å². The molecule has 1 aromatic rings. The molecule has 5 heteroatoms. The van der Waals surface area contributed by atoms with Crippen LogP contribution in [0.15, 0.2) is 24.3 Å². The van der Waals surface area contributed by atoms with Gasteiger partial charge in [-0.1, -0.05) is 24.6 Å². The number of hydrogen-bond acceptors (Lipinski definition) is 3. The van der Waals surface area contributed by atoms with Crippen molar-refractivity contribution in [2.45, 2.75) is 20.3 Å². The van der Waals surface area contributed by atoms with Crippen molar-refractivity contribution >= 4 is 11.9 Å². The minimum atomic E-state index is -0.773. The predicted octanol–water partition coefficient (Wildman–Crippen LogP) is 1.94. The molecule has 1 amide bonds. The molecule has 0 bridgehead atoms. The van der Waals surface area contributed by atoms with Crippen LogP contribution in [0.2, 0.25) is 0 Å². The van der Waals surface area contributed by atoms with Gasteiger partial charge in [0.25, 0.3) is 5.91 Å². The van der Waals surface area contributed by atoms with Crippen molar-refractivity contribution in [2.75, 3.05) is 19.7 Å². The van der Waals surface area contributed by atoms with Crippen LogP contribution >= 0.6 is 0 Å². The largest absolute Gasteiger partial charge is 0.484 e. The Morgan fingerprint density at radius 3 is 2.57 bits per heavy atom. The Labute approximate surface area is 124 Å². The molecule has 114 valence electrons. The summed E-state index contributed by atoms with van der Waals surface area (Å²) in [5, 5.41) is 9.08.